The van der Waals surface area contributed by atoms with Gasteiger partial charge in [0, 0.05) is 6.42 Å². The second kappa shape index (κ2) is 5.17. The third-order valence-corrected chi connectivity index (χ3v) is 5.31. The maximum Gasteiger partial charge on any atom is 0.227 e. The van der Waals surface area contributed by atoms with Crippen LogP contribution in [-0.4, -0.2) is 35.3 Å². The maximum absolute atomic E-state index is 11.8. The lowest BCUT2D eigenvalue weighted by atomic mass is 10.1. The number of nitrogens with zero attached hydrogens (tertiary/aromatic N) is 2. The fourth-order valence-corrected chi connectivity index (χ4v) is 3.97. The van der Waals surface area contributed by atoms with E-state index in [4.69, 9.17) is 4.52 Å². The molecule has 0 aromatic carbocycles. The van der Waals surface area contributed by atoms with Gasteiger partial charge in [-0.3, -0.25) is 4.79 Å². The van der Waals surface area contributed by atoms with Crippen LogP contribution in [-0.2, 0) is 27.5 Å². The minimum absolute atomic E-state index is 0.0485. The van der Waals surface area contributed by atoms with Crippen LogP contribution in [0, 0.1) is 0 Å². The quantitative estimate of drug-likeness (QED) is 0.801. The minimum atomic E-state index is -3.03. The summed E-state index contributed by atoms with van der Waals surface area (Å²) >= 11 is 0. The normalized spacial score (nSPS) is 22.8. The molecule has 1 aromatic rings. The molecular weight excluding hydrogens is 256 g/mol. The van der Waals surface area contributed by atoms with Gasteiger partial charge in [-0.15, -0.1) is 0 Å². The van der Waals surface area contributed by atoms with Crippen LogP contribution < -0.4 is 0 Å². The number of Topliss-reactive ketones (excluding diaryl/α,β-unsaturated/α-hetero) is 1. The molecule has 1 atom stereocenters. The Balaban J connectivity index is 2.04. The van der Waals surface area contributed by atoms with Crippen molar-refractivity contribution in [1.82, 2.24) is 10.1 Å². The number of hydrogen-bond donors (Lipinski definition) is 0. The highest BCUT2D eigenvalue weighted by Gasteiger charge is 2.30. The molecule has 6 nitrogen and oxygen atoms in total. The molecule has 1 unspecified atom stereocenters. The first kappa shape index (κ1) is 13.2. The molecule has 0 spiro atoms. The third-order valence-electron chi connectivity index (χ3n) is 3.03. The Morgan fingerprint density at radius 3 is 2.89 bits per heavy atom. The van der Waals surface area contributed by atoms with Crippen LogP contribution in [0.15, 0.2) is 4.52 Å². The highest BCUT2D eigenvalue weighted by molar-refractivity contribution is 7.92. The molecule has 1 aromatic heterocycles. The molecule has 0 amide bonds. The van der Waals surface area contributed by atoms with Crippen molar-refractivity contribution in [3.05, 3.63) is 11.7 Å². The maximum atomic E-state index is 11.8. The zero-order valence-corrected chi connectivity index (χ0v) is 11.1. The molecule has 18 heavy (non-hydrogen) atoms. The van der Waals surface area contributed by atoms with Crippen molar-refractivity contribution < 1.29 is 17.7 Å². The van der Waals surface area contributed by atoms with Gasteiger partial charge >= 0.3 is 0 Å². The van der Waals surface area contributed by atoms with Gasteiger partial charge in [0.2, 0.25) is 5.89 Å². The number of ketones is 1. The minimum Gasteiger partial charge on any atom is -0.339 e. The van der Waals surface area contributed by atoms with E-state index < -0.39 is 15.1 Å². The summed E-state index contributed by atoms with van der Waals surface area (Å²) in [5, 5.41) is 3.25. The van der Waals surface area contributed by atoms with E-state index in [1.54, 1.807) is 0 Å². The number of rotatable bonds is 4. The summed E-state index contributed by atoms with van der Waals surface area (Å²) in [6.07, 6.45) is 2.68. The topological polar surface area (TPSA) is 90.1 Å². The van der Waals surface area contributed by atoms with Crippen molar-refractivity contribution in [3.63, 3.8) is 0 Å². The van der Waals surface area contributed by atoms with E-state index in [9.17, 15) is 13.2 Å². The van der Waals surface area contributed by atoms with Gasteiger partial charge in [0.1, 0.15) is 5.78 Å². The fraction of sp³-hybridized carbons (Fsp3) is 0.727. The van der Waals surface area contributed by atoms with E-state index in [0.717, 1.165) is 12.8 Å². The molecule has 0 bridgehead atoms. The average Bonchev–Trinajstić information content (AvgIpc) is 2.68. The predicted octanol–water partition coefficient (Wildman–Crippen LogP) is 0.711. The number of carbonyl (C=O) groups is 1. The van der Waals surface area contributed by atoms with Gasteiger partial charge in [0.25, 0.3) is 0 Å². The van der Waals surface area contributed by atoms with E-state index in [0.29, 0.717) is 18.1 Å². The Bertz CT molecular complexity index is 535. The molecule has 1 aliphatic heterocycles. The van der Waals surface area contributed by atoms with E-state index in [2.05, 4.69) is 10.1 Å². The molecule has 0 radical (unpaired) electrons. The van der Waals surface area contributed by atoms with Crippen LogP contribution >= 0.6 is 0 Å². The summed E-state index contributed by atoms with van der Waals surface area (Å²) in [5.41, 5.74) is 0. The molecule has 0 N–H and O–H groups in total. The van der Waals surface area contributed by atoms with Gasteiger partial charge in [0.15, 0.2) is 15.7 Å². The SMILES string of the molecule is CC(=O)Cc1noc(CC2CCCCS2(=O)=O)n1. The van der Waals surface area contributed by atoms with E-state index in [1.165, 1.54) is 6.92 Å². The van der Waals surface area contributed by atoms with Crippen LogP contribution in [0.2, 0.25) is 0 Å². The summed E-state index contributed by atoms with van der Waals surface area (Å²) in [6, 6.07) is 0. The van der Waals surface area contributed by atoms with Crippen LogP contribution in [0.3, 0.4) is 0 Å². The average molecular weight is 272 g/mol. The molecule has 0 saturated carbocycles. The van der Waals surface area contributed by atoms with Crippen molar-refractivity contribution in [1.29, 1.82) is 0 Å². The summed E-state index contributed by atoms with van der Waals surface area (Å²) in [7, 11) is -3.03. The lowest BCUT2D eigenvalue weighted by Gasteiger charge is -2.20. The monoisotopic (exact) mass is 272 g/mol. The Morgan fingerprint density at radius 2 is 2.22 bits per heavy atom. The largest absolute Gasteiger partial charge is 0.339 e. The van der Waals surface area contributed by atoms with E-state index in [-0.39, 0.29) is 24.4 Å². The van der Waals surface area contributed by atoms with Crippen LogP contribution in [0.1, 0.15) is 37.9 Å². The van der Waals surface area contributed by atoms with Crippen molar-refractivity contribution in [2.75, 3.05) is 5.75 Å². The Kier molecular flexibility index (Phi) is 3.79. The number of hydrogen-bond acceptors (Lipinski definition) is 6. The van der Waals surface area contributed by atoms with Crippen molar-refractivity contribution in [2.45, 2.75) is 44.3 Å². The Morgan fingerprint density at radius 1 is 1.44 bits per heavy atom. The second-order valence-electron chi connectivity index (χ2n) is 4.67. The summed E-state index contributed by atoms with van der Waals surface area (Å²) in [5.74, 6) is 0.826. The molecule has 2 heterocycles. The lowest BCUT2D eigenvalue weighted by Crippen LogP contribution is -2.30. The summed E-state index contributed by atoms with van der Waals surface area (Å²) in [6.45, 7) is 1.45. The van der Waals surface area contributed by atoms with E-state index in [1.807, 2.05) is 0 Å². The van der Waals surface area contributed by atoms with E-state index >= 15 is 0 Å². The molecule has 0 aliphatic carbocycles. The third kappa shape index (κ3) is 3.16. The molecule has 7 heteroatoms. The summed E-state index contributed by atoms with van der Waals surface area (Å²) in [4.78, 5) is 14.9. The highest BCUT2D eigenvalue weighted by Crippen LogP contribution is 2.22. The van der Waals surface area contributed by atoms with Gasteiger partial charge in [-0.1, -0.05) is 11.6 Å². The molecule has 1 aliphatic rings. The zero-order valence-electron chi connectivity index (χ0n) is 10.3. The molecule has 1 fully saturated rings. The van der Waals surface area contributed by atoms with Gasteiger partial charge < -0.3 is 4.52 Å². The van der Waals surface area contributed by atoms with Gasteiger partial charge in [0.05, 0.1) is 17.4 Å². The van der Waals surface area contributed by atoms with Gasteiger partial charge in [-0.05, 0) is 19.8 Å². The van der Waals surface area contributed by atoms with Crippen molar-refractivity contribution in [3.8, 4) is 0 Å². The van der Waals surface area contributed by atoms with Crippen molar-refractivity contribution >= 4 is 15.6 Å². The van der Waals surface area contributed by atoms with Crippen LogP contribution in [0.4, 0.5) is 0 Å². The first-order valence-electron chi connectivity index (χ1n) is 6.00. The standard InChI is InChI=1S/C11H16N2O4S/c1-8(14)6-10-12-11(17-13-10)7-9-4-2-3-5-18(9,15)16/h9H,2-7H2,1H3. The lowest BCUT2D eigenvalue weighted by molar-refractivity contribution is -0.116. The first-order chi connectivity index (χ1) is 8.47. The zero-order chi connectivity index (χ0) is 13.2. The molecule has 100 valence electrons. The van der Waals surface area contributed by atoms with Crippen molar-refractivity contribution in [2.24, 2.45) is 0 Å². The van der Waals surface area contributed by atoms with Gasteiger partial charge in [-0.2, -0.15) is 4.98 Å². The van der Waals surface area contributed by atoms with Crippen LogP contribution in [0.25, 0.3) is 0 Å². The molecular formula is C11H16N2O4S. The number of sulfone groups is 1. The fourth-order valence-electron chi connectivity index (χ4n) is 2.11. The number of aromatic nitrogens is 2. The Labute approximate surface area is 106 Å². The van der Waals surface area contributed by atoms with Crippen LogP contribution in [0.5, 0.6) is 0 Å². The predicted molar refractivity (Wildman–Crippen MR) is 63.8 cm³/mol. The smallest absolute Gasteiger partial charge is 0.227 e. The van der Waals surface area contributed by atoms with Gasteiger partial charge in [-0.25, -0.2) is 8.42 Å². The first-order valence-corrected chi connectivity index (χ1v) is 7.71. The molecule has 1 saturated heterocycles. The molecule has 2 rings (SSSR count). The Hall–Kier alpha value is -1.24. The highest BCUT2D eigenvalue weighted by atomic mass is 32.2. The second-order valence-corrected chi connectivity index (χ2v) is 7.07. The summed E-state index contributed by atoms with van der Waals surface area (Å²) < 4.78 is 28.6. The number of carbonyl (C=O) groups excluding carboxylic acids is 1.